The predicted octanol–water partition coefficient (Wildman–Crippen LogP) is 2.48. The molecule has 1 aromatic carbocycles. The molecule has 0 aliphatic rings. The van der Waals surface area contributed by atoms with Gasteiger partial charge in [0, 0.05) is 34.3 Å². The van der Waals surface area contributed by atoms with E-state index in [9.17, 15) is 4.79 Å². The van der Waals surface area contributed by atoms with E-state index in [2.05, 4.69) is 9.97 Å². The van der Waals surface area contributed by atoms with Gasteiger partial charge in [0.05, 0.1) is 5.69 Å². The third-order valence-electron chi connectivity index (χ3n) is 3.21. The minimum absolute atomic E-state index is 0.119. The molecule has 6 N–H and O–H groups in total. The van der Waals surface area contributed by atoms with E-state index in [1.54, 1.807) is 12.1 Å². The summed E-state index contributed by atoms with van der Waals surface area (Å²) in [7, 11) is 0. The summed E-state index contributed by atoms with van der Waals surface area (Å²) in [5, 5.41) is 16.2. The quantitative estimate of drug-likeness (QED) is 0.369. The average molecular weight is 311 g/mol. The van der Waals surface area contributed by atoms with Crippen molar-refractivity contribution in [2.75, 3.05) is 0 Å². The van der Waals surface area contributed by atoms with Crippen LogP contribution >= 0.6 is 11.8 Å². The van der Waals surface area contributed by atoms with Gasteiger partial charge in [-0.2, -0.15) is 0 Å². The van der Waals surface area contributed by atoms with Crippen LogP contribution in [0.1, 0.15) is 5.56 Å². The molecule has 3 aromatic rings. The van der Waals surface area contributed by atoms with Crippen molar-refractivity contribution in [2.45, 2.75) is 0 Å². The van der Waals surface area contributed by atoms with Gasteiger partial charge in [-0.05, 0) is 30.0 Å². The van der Waals surface area contributed by atoms with Gasteiger partial charge in [0.1, 0.15) is 5.04 Å². The lowest BCUT2D eigenvalue weighted by Gasteiger charge is -2.04. The zero-order valence-corrected chi connectivity index (χ0v) is 12.3. The van der Waals surface area contributed by atoms with E-state index >= 15 is 0 Å². The summed E-state index contributed by atoms with van der Waals surface area (Å²) in [6.45, 7) is 0. The van der Waals surface area contributed by atoms with E-state index in [-0.39, 0.29) is 15.8 Å². The fourth-order valence-corrected chi connectivity index (χ4v) is 2.72. The van der Waals surface area contributed by atoms with Gasteiger partial charge < -0.3 is 15.7 Å². The van der Waals surface area contributed by atoms with Crippen molar-refractivity contribution in [1.82, 2.24) is 9.97 Å². The zero-order valence-electron chi connectivity index (χ0n) is 11.4. The Hall–Kier alpha value is -2.80. The Bertz CT molecular complexity index is 940. The van der Waals surface area contributed by atoms with Crippen molar-refractivity contribution >= 4 is 32.9 Å². The van der Waals surface area contributed by atoms with Gasteiger partial charge in [-0.3, -0.25) is 15.6 Å². The maximum Gasteiger partial charge on any atom is 0.248 e. The van der Waals surface area contributed by atoms with Crippen LogP contribution in [-0.2, 0) is 0 Å². The molecule has 0 radical (unpaired) electrons. The van der Waals surface area contributed by atoms with Crippen LogP contribution in [0.15, 0.2) is 47.4 Å². The van der Waals surface area contributed by atoms with Crippen molar-refractivity contribution in [3.05, 3.63) is 58.5 Å². The molecule has 0 saturated carbocycles. The molecular formula is C15H13N5OS. The van der Waals surface area contributed by atoms with E-state index in [4.69, 9.17) is 16.6 Å². The molecule has 6 nitrogen and oxygen atoms in total. The van der Waals surface area contributed by atoms with E-state index in [0.29, 0.717) is 11.3 Å². The van der Waals surface area contributed by atoms with Crippen LogP contribution in [0.2, 0.25) is 0 Å². The summed E-state index contributed by atoms with van der Waals surface area (Å²) in [6.07, 6.45) is 1.82. The molecule has 22 heavy (non-hydrogen) atoms. The Morgan fingerprint density at radius 3 is 2.73 bits per heavy atom. The summed E-state index contributed by atoms with van der Waals surface area (Å²) < 4.78 is 0. The van der Waals surface area contributed by atoms with Gasteiger partial charge >= 0.3 is 0 Å². The second-order valence-corrected chi connectivity index (χ2v) is 5.74. The number of nitrogens with two attached hydrogens (primary N) is 1. The molecule has 110 valence electrons. The van der Waals surface area contributed by atoms with Gasteiger partial charge in [-0.15, -0.1) is 0 Å². The number of pyridine rings is 1. The van der Waals surface area contributed by atoms with Crippen LogP contribution in [0.3, 0.4) is 0 Å². The molecule has 7 heteroatoms. The molecule has 0 fully saturated rings. The first-order valence-electron chi connectivity index (χ1n) is 6.46. The van der Waals surface area contributed by atoms with Crippen LogP contribution in [-0.4, -0.2) is 20.2 Å². The first-order valence-corrected chi connectivity index (χ1v) is 7.28. The number of benzene rings is 1. The number of aromatic amines is 2. The summed E-state index contributed by atoms with van der Waals surface area (Å²) in [6, 6.07) is 10.5. The molecule has 0 unspecified atom stereocenters. The van der Waals surface area contributed by atoms with Crippen molar-refractivity contribution < 1.29 is 0 Å². The van der Waals surface area contributed by atoms with Gasteiger partial charge in [0.15, 0.2) is 5.17 Å². The number of aromatic nitrogens is 2. The Balaban J connectivity index is 2.11. The molecule has 0 aliphatic heterocycles. The standard InChI is InChI=1S/C15H13N5OS/c16-14(22-15(17)18)8-4-5-11-9(6-8)10(7-19-11)12-2-1-3-13(21)20-12/h1-7,16,19H,(H3,17,18)(H,20,21). The van der Waals surface area contributed by atoms with Gasteiger partial charge in [-0.1, -0.05) is 12.1 Å². The highest BCUT2D eigenvalue weighted by Gasteiger charge is 2.10. The first-order chi connectivity index (χ1) is 10.5. The second-order valence-electron chi connectivity index (χ2n) is 4.69. The number of rotatable bonds is 2. The molecular weight excluding hydrogens is 298 g/mol. The van der Waals surface area contributed by atoms with Gasteiger partial charge in [-0.25, -0.2) is 0 Å². The van der Waals surface area contributed by atoms with E-state index in [0.717, 1.165) is 28.2 Å². The van der Waals surface area contributed by atoms with E-state index in [1.165, 1.54) is 6.07 Å². The SMILES string of the molecule is N=C(N)SC(=N)c1ccc2[nH]cc(-c3cccc(=O)[nH]3)c2c1. The molecule has 2 aromatic heterocycles. The first kappa shape index (κ1) is 14.2. The zero-order chi connectivity index (χ0) is 15.7. The van der Waals surface area contributed by atoms with Crippen molar-refractivity contribution in [3.63, 3.8) is 0 Å². The second kappa shape index (κ2) is 5.53. The Labute approximate surface area is 129 Å². The third-order valence-corrected chi connectivity index (χ3v) is 3.87. The largest absolute Gasteiger partial charge is 0.378 e. The smallest absolute Gasteiger partial charge is 0.248 e. The molecule has 3 rings (SSSR count). The Morgan fingerprint density at radius 2 is 2.00 bits per heavy atom. The Morgan fingerprint density at radius 1 is 1.18 bits per heavy atom. The van der Waals surface area contributed by atoms with Crippen LogP contribution in [0.5, 0.6) is 0 Å². The summed E-state index contributed by atoms with van der Waals surface area (Å²) >= 11 is 0.899. The van der Waals surface area contributed by atoms with Crippen molar-refractivity contribution in [2.24, 2.45) is 5.73 Å². The lowest BCUT2D eigenvalue weighted by Crippen LogP contribution is -2.08. The number of hydrogen-bond acceptors (Lipinski definition) is 4. The normalized spacial score (nSPS) is 10.7. The highest BCUT2D eigenvalue weighted by Crippen LogP contribution is 2.28. The van der Waals surface area contributed by atoms with Crippen LogP contribution in [0.4, 0.5) is 0 Å². The molecule has 0 saturated heterocycles. The van der Waals surface area contributed by atoms with Crippen LogP contribution in [0, 0.1) is 10.8 Å². The fourth-order valence-electron chi connectivity index (χ4n) is 2.26. The molecule has 0 bridgehead atoms. The molecule has 0 atom stereocenters. The minimum Gasteiger partial charge on any atom is -0.378 e. The maximum atomic E-state index is 11.5. The average Bonchev–Trinajstić information content (AvgIpc) is 2.89. The molecule has 0 aliphatic carbocycles. The van der Waals surface area contributed by atoms with E-state index < -0.39 is 0 Å². The number of fused-ring (bicyclic) bond motifs is 1. The topological polar surface area (TPSA) is 122 Å². The van der Waals surface area contributed by atoms with Gasteiger partial charge in [0.2, 0.25) is 5.56 Å². The summed E-state index contributed by atoms with van der Waals surface area (Å²) in [4.78, 5) is 17.4. The summed E-state index contributed by atoms with van der Waals surface area (Å²) in [5.74, 6) is 0. The van der Waals surface area contributed by atoms with Crippen LogP contribution < -0.4 is 11.3 Å². The van der Waals surface area contributed by atoms with E-state index in [1.807, 2.05) is 24.4 Å². The summed E-state index contributed by atoms with van der Waals surface area (Å²) in [5.41, 5.74) is 8.30. The molecule has 0 amide bonds. The number of amidine groups is 1. The van der Waals surface area contributed by atoms with Crippen LogP contribution in [0.25, 0.3) is 22.2 Å². The number of nitrogens with one attached hydrogen (secondary N) is 4. The lowest BCUT2D eigenvalue weighted by molar-refractivity contribution is 1.24. The fraction of sp³-hybridized carbons (Fsp3) is 0. The highest BCUT2D eigenvalue weighted by molar-refractivity contribution is 8.26. The third kappa shape index (κ3) is 2.66. The number of thioether (sulfide) groups is 1. The molecule has 2 heterocycles. The number of H-pyrrole nitrogens is 2. The van der Waals surface area contributed by atoms with Gasteiger partial charge in [0.25, 0.3) is 0 Å². The van der Waals surface area contributed by atoms with Crippen molar-refractivity contribution in [3.8, 4) is 11.3 Å². The monoisotopic (exact) mass is 311 g/mol. The minimum atomic E-state index is -0.164. The molecule has 0 spiro atoms. The predicted molar refractivity (Wildman–Crippen MR) is 90.7 cm³/mol. The lowest BCUT2D eigenvalue weighted by atomic mass is 10.1. The highest BCUT2D eigenvalue weighted by atomic mass is 32.2. The number of hydrogen-bond donors (Lipinski definition) is 5. The maximum absolute atomic E-state index is 11.5. The van der Waals surface area contributed by atoms with Crippen molar-refractivity contribution in [1.29, 1.82) is 10.8 Å². The Kier molecular flexibility index (Phi) is 3.56.